The zero-order chi connectivity index (χ0) is 10.8. The van der Waals surface area contributed by atoms with Gasteiger partial charge in [0.05, 0.1) is 6.61 Å². The van der Waals surface area contributed by atoms with Crippen molar-refractivity contribution in [1.29, 1.82) is 0 Å². The van der Waals surface area contributed by atoms with Gasteiger partial charge < -0.3 is 14.6 Å². The summed E-state index contributed by atoms with van der Waals surface area (Å²) in [6.07, 6.45) is 1.51. The molecule has 7 heteroatoms. The highest BCUT2D eigenvalue weighted by Gasteiger charge is 2.22. The topological polar surface area (TPSA) is 88.9 Å². The zero-order valence-corrected chi connectivity index (χ0v) is 8.51. The van der Waals surface area contributed by atoms with Crippen molar-refractivity contribution in [1.82, 2.24) is 25.7 Å². The number of ether oxygens (including phenoxy) is 1. The molecular formula is C9H11N5O2. The second kappa shape index (κ2) is 4.03. The van der Waals surface area contributed by atoms with E-state index >= 15 is 0 Å². The molecule has 1 saturated heterocycles. The third kappa shape index (κ3) is 1.70. The quantitative estimate of drug-likeness (QED) is 0.748. The van der Waals surface area contributed by atoms with Crippen LogP contribution in [-0.2, 0) is 4.74 Å². The number of nitrogens with zero attached hydrogens (tertiary/aromatic N) is 3. The van der Waals surface area contributed by atoms with E-state index in [9.17, 15) is 0 Å². The second-order valence-corrected chi connectivity index (χ2v) is 3.49. The van der Waals surface area contributed by atoms with Crippen molar-refractivity contribution in [2.45, 2.75) is 6.10 Å². The van der Waals surface area contributed by atoms with E-state index < -0.39 is 0 Å². The Hall–Kier alpha value is -1.73. The minimum absolute atomic E-state index is 0.130. The Labute approximate surface area is 91.2 Å². The first-order chi connectivity index (χ1) is 7.93. The highest BCUT2D eigenvalue weighted by Crippen LogP contribution is 2.19. The van der Waals surface area contributed by atoms with Crippen LogP contribution in [0.5, 0.6) is 0 Å². The third-order valence-corrected chi connectivity index (χ3v) is 2.39. The summed E-state index contributed by atoms with van der Waals surface area (Å²) in [4.78, 5) is 4.26. The van der Waals surface area contributed by atoms with Crippen LogP contribution in [0.25, 0.3) is 11.6 Å². The van der Waals surface area contributed by atoms with Gasteiger partial charge in [-0.25, -0.2) is 0 Å². The van der Waals surface area contributed by atoms with Gasteiger partial charge in [-0.05, 0) is 6.07 Å². The molecule has 0 amide bonds. The molecule has 0 aliphatic carbocycles. The average molecular weight is 221 g/mol. The molecule has 0 aromatic carbocycles. The molecule has 2 N–H and O–H groups in total. The van der Waals surface area contributed by atoms with Crippen molar-refractivity contribution in [3.63, 3.8) is 0 Å². The van der Waals surface area contributed by atoms with E-state index in [0.29, 0.717) is 30.6 Å². The summed E-state index contributed by atoms with van der Waals surface area (Å²) in [7, 11) is 0. The Bertz CT molecular complexity index is 446. The molecule has 84 valence electrons. The molecule has 1 fully saturated rings. The maximum atomic E-state index is 5.52. The second-order valence-electron chi connectivity index (χ2n) is 3.49. The molecule has 0 spiro atoms. The summed E-state index contributed by atoms with van der Waals surface area (Å²) in [6, 6.07) is 1.78. The lowest BCUT2D eigenvalue weighted by molar-refractivity contribution is 0.0208. The maximum Gasteiger partial charge on any atom is 0.276 e. The SMILES string of the molecule is c1cc(-c2nc(C3CNCCO3)no2)[nH]n1. The van der Waals surface area contributed by atoms with Crippen LogP contribution in [0.3, 0.4) is 0 Å². The fourth-order valence-electron chi connectivity index (χ4n) is 1.58. The number of hydrogen-bond donors (Lipinski definition) is 2. The standard InChI is InChI=1S/C9H11N5O2/c1-2-11-13-6(1)9-12-8(14-16-9)7-5-10-3-4-15-7/h1-2,7,10H,3-5H2,(H,11,13). The number of hydrogen-bond acceptors (Lipinski definition) is 6. The van der Waals surface area contributed by atoms with Crippen LogP contribution in [0.4, 0.5) is 0 Å². The normalized spacial score (nSPS) is 21.1. The van der Waals surface area contributed by atoms with Gasteiger partial charge in [-0.2, -0.15) is 10.1 Å². The van der Waals surface area contributed by atoms with Crippen molar-refractivity contribution in [3.8, 4) is 11.6 Å². The molecule has 16 heavy (non-hydrogen) atoms. The first-order valence-corrected chi connectivity index (χ1v) is 5.09. The minimum Gasteiger partial charge on any atom is -0.367 e. The molecule has 1 aliphatic rings. The number of H-pyrrole nitrogens is 1. The van der Waals surface area contributed by atoms with Crippen molar-refractivity contribution in [3.05, 3.63) is 18.1 Å². The fraction of sp³-hybridized carbons (Fsp3) is 0.444. The smallest absolute Gasteiger partial charge is 0.276 e. The van der Waals surface area contributed by atoms with Crippen molar-refractivity contribution < 1.29 is 9.26 Å². The number of aromatic nitrogens is 4. The predicted molar refractivity (Wildman–Crippen MR) is 53.4 cm³/mol. The van der Waals surface area contributed by atoms with Gasteiger partial charge in [0.2, 0.25) is 5.82 Å². The molecule has 1 unspecified atom stereocenters. The molecule has 3 rings (SSSR count). The summed E-state index contributed by atoms with van der Waals surface area (Å²) >= 11 is 0. The maximum absolute atomic E-state index is 5.52. The van der Waals surface area contributed by atoms with E-state index in [-0.39, 0.29) is 6.10 Å². The van der Waals surface area contributed by atoms with Crippen LogP contribution >= 0.6 is 0 Å². The highest BCUT2D eigenvalue weighted by molar-refractivity contribution is 5.44. The van der Waals surface area contributed by atoms with Crippen molar-refractivity contribution >= 4 is 0 Å². The third-order valence-electron chi connectivity index (χ3n) is 2.39. The van der Waals surface area contributed by atoms with Gasteiger partial charge in [0, 0.05) is 19.3 Å². The van der Waals surface area contributed by atoms with Gasteiger partial charge in [-0.3, -0.25) is 5.10 Å². The van der Waals surface area contributed by atoms with E-state index in [2.05, 4.69) is 25.7 Å². The van der Waals surface area contributed by atoms with Crippen molar-refractivity contribution in [2.24, 2.45) is 0 Å². The first kappa shape index (κ1) is 9.49. The Balaban J connectivity index is 1.82. The van der Waals surface area contributed by atoms with Gasteiger partial charge in [0.1, 0.15) is 11.8 Å². The average Bonchev–Trinajstić information content (AvgIpc) is 3.01. The molecule has 7 nitrogen and oxygen atoms in total. The van der Waals surface area contributed by atoms with Crippen LogP contribution in [0.1, 0.15) is 11.9 Å². The lowest BCUT2D eigenvalue weighted by Gasteiger charge is -2.20. The lowest BCUT2D eigenvalue weighted by atomic mass is 10.3. The largest absolute Gasteiger partial charge is 0.367 e. The minimum atomic E-state index is -0.130. The molecule has 1 aliphatic heterocycles. The molecule has 0 bridgehead atoms. The van der Waals surface area contributed by atoms with E-state index in [1.54, 1.807) is 12.3 Å². The molecule has 0 saturated carbocycles. The Morgan fingerprint density at radius 2 is 2.44 bits per heavy atom. The lowest BCUT2D eigenvalue weighted by Crippen LogP contribution is -2.33. The van der Waals surface area contributed by atoms with E-state index in [4.69, 9.17) is 9.26 Å². The van der Waals surface area contributed by atoms with Gasteiger partial charge in [-0.15, -0.1) is 0 Å². The molecule has 2 aromatic heterocycles. The molecular weight excluding hydrogens is 210 g/mol. The number of morpholine rings is 1. The van der Waals surface area contributed by atoms with Crippen LogP contribution < -0.4 is 5.32 Å². The van der Waals surface area contributed by atoms with Crippen molar-refractivity contribution in [2.75, 3.05) is 19.7 Å². The highest BCUT2D eigenvalue weighted by atomic mass is 16.5. The van der Waals surface area contributed by atoms with E-state index in [1.807, 2.05) is 0 Å². The number of rotatable bonds is 2. The first-order valence-electron chi connectivity index (χ1n) is 5.09. The predicted octanol–water partition coefficient (Wildman–Crippen LogP) is 0.121. The van der Waals surface area contributed by atoms with Crippen LogP contribution in [0, 0.1) is 0 Å². The van der Waals surface area contributed by atoms with Gasteiger partial charge in [-0.1, -0.05) is 5.16 Å². The fourth-order valence-corrected chi connectivity index (χ4v) is 1.58. The Kier molecular flexibility index (Phi) is 2.39. The van der Waals surface area contributed by atoms with Crippen LogP contribution in [0.2, 0.25) is 0 Å². The summed E-state index contributed by atoms with van der Waals surface area (Å²) in [6.45, 7) is 2.24. The van der Waals surface area contributed by atoms with Gasteiger partial charge in [0.15, 0.2) is 0 Å². The summed E-state index contributed by atoms with van der Waals surface area (Å²) < 4.78 is 10.6. The number of nitrogens with one attached hydrogen (secondary N) is 2. The Morgan fingerprint density at radius 1 is 1.44 bits per heavy atom. The zero-order valence-electron chi connectivity index (χ0n) is 8.51. The van der Waals surface area contributed by atoms with Gasteiger partial charge >= 0.3 is 0 Å². The van der Waals surface area contributed by atoms with E-state index in [0.717, 1.165) is 6.54 Å². The molecule has 0 radical (unpaired) electrons. The molecule has 3 heterocycles. The van der Waals surface area contributed by atoms with Crippen LogP contribution in [0.15, 0.2) is 16.8 Å². The molecule has 2 aromatic rings. The summed E-state index contributed by atoms with van der Waals surface area (Å²) in [5.74, 6) is 0.999. The summed E-state index contributed by atoms with van der Waals surface area (Å²) in [5, 5.41) is 13.7. The Morgan fingerprint density at radius 3 is 3.19 bits per heavy atom. The molecule has 1 atom stereocenters. The summed E-state index contributed by atoms with van der Waals surface area (Å²) in [5.41, 5.74) is 0.711. The monoisotopic (exact) mass is 221 g/mol. The number of aromatic amines is 1. The van der Waals surface area contributed by atoms with Crippen LogP contribution in [-0.4, -0.2) is 40.0 Å². The van der Waals surface area contributed by atoms with E-state index in [1.165, 1.54) is 0 Å². The van der Waals surface area contributed by atoms with Gasteiger partial charge in [0.25, 0.3) is 5.89 Å².